The zero-order valence-corrected chi connectivity index (χ0v) is 7.78. The van der Waals surface area contributed by atoms with Gasteiger partial charge in [-0.1, -0.05) is 6.07 Å². The smallest absolute Gasteiger partial charge is 0.143 e. The van der Waals surface area contributed by atoms with Gasteiger partial charge in [-0.3, -0.25) is 0 Å². The summed E-state index contributed by atoms with van der Waals surface area (Å²) in [6.45, 7) is 1.92. The molecule has 0 aliphatic rings. The standard InChI is InChI=1S/C10H6FNS/c1-6-2-3-7(4-12)9-8(11)5-13-10(6)9/h2-3,5H,1H3. The van der Waals surface area contributed by atoms with Crippen LogP contribution in [0.15, 0.2) is 17.5 Å². The van der Waals surface area contributed by atoms with Gasteiger partial charge >= 0.3 is 0 Å². The second-order valence-electron chi connectivity index (χ2n) is 2.83. The zero-order valence-electron chi connectivity index (χ0n) is 6.97. The van der Waals surface area contributed by atoms with Gasteiger partial charge in [0.2, 0.25) is 0 Å². The van der Waals surface area contributed by atoms with Crippen LogP contribution >= 0.6 is 11.3 Å². The van der Waals surface area contributed by atoms with Gasteiger partial charge in [-0.15, -0.1) is 11.3 Å². The second-order valence-corrected chi connectivity index (χ2v) is 3.71. The summed E-state index contributed by atoms with van der Waals surface area (Å²) in [6.07, 6.45) is 0. The van der Waals surface area contributed by atoms with E-state index in [0.29, 0.717) is 10.9 Å². The minimum Gasteiger partial charge on any atom is -0.205 e. The van der Waals surface area contributed by atoms with Crippen LogP contribution in [0.5, 0.6) is 0 Å². The van der Waals surface area contributed by atoms with Gasteiger partial charge in [0.15, 0.2) is 0 Å². The summed E-state index contributed by atoms with van der Waals surface area (Å²) in [7, 11) is 0. The molecule has 2 aromatic rings. The molecular formula is C10H6FNS. The Kier molecular flexibility index (Phi) is 1.78. The highest BCUT2D eigenvalue weighted by molar-refractivity contribution is 7.17. The fraction of sp³-hybridized carbons (Fsp3) is 0.100. The molecule has 13 heavy (non-hydrogen) atoms. The Bertz CT molecular complexity index is 507. The van der Waals surface area contributed by atoms with Gasteiger partial charge in [0.1, 0.15) is 5.82 Å². The number of nitriles is 1. The maximum atomic E-state index is 13.2. The molecule has 3 heteroatoms. The molecule has 1 heterocycles. The van der Waals surface area contributed by atoms with Crippen molar-refractivity contribution in [1.82, 2.24) is 0 Å². The first-order valence-electron chi connectivity index (χ1n) is 3.80. The lowest BCUT2D eigenvalue weighted by molar-refractivity contribution is 0.644. The molecule has 0 saturated carbocycles. The van der Waals surface area contributed by atoms with Crippen LogP contribution in [0, 0.1) is 24.1 Å². The topological polar surface area (TPSA) is 23.8 Å². The third-order valence-electron chi connectivity index (χ3n) is 1.99. The number of benzene rings is 1. The summed E-state index contributed by atoms with van der Waals surface area (Å²) < 4.78 is 14.1. The highest BCUT2D eigenvalue weighted by Gasteiger charge is 2.09. The average molecular weight is 191 g/mol. The molecule has 0 unspecified atom stereocenters. The Labute approximate surface area is 79.0 Å². The first-order valence-corrected chi connectivity index (χ1v) is 4.68. The highest BCUT2D eigenvalue weighted by atomic mass is 32.1. The Balaban J connectivity index is 2.99. The maximum Gasteiger partial charge on any atom is 0.143 e. The van der Waals surface area contributed by atoms with Crippen molar-refractivity contribution in [3.05, 3.63) is 34.5 Å². The van der Waals surface area contributed by atoms with Gasteiger partial charge in [-0.05, 0) is 18.6 Å². The number of nitrogens with zero attached hydrogens (tertiary/aromatic N) is 1. The molecule has 0 atom stereocenters. The van der Waals surface area contributed by atoms with Crippen LogP contribution < -0.4 is 0 Å². The van der Waals surface area contributed by atoms with Gasteiger partial charge in [-0.2, -0.15) is 5.26 Å². The summed E-state index contributed by atoms with van der Waals surface area (Å²) in [5, 5.41) is 10.7. The fourth-order valence-electron chi connectivity index (χ4n) is 1.34. The highest BCUT2D eigenvalue weighted by Crippen LogP contribution is 2.30. The van der Waals surface area contributed by atoms with Crippen LogP contribution in [-0.4, -0.2) is 0 Å². The van der Waals surface area contributed by atoms with Crippen LogP contribution in [0.3, 0.4) is 0 Å². The lowest BCUT2D eigenvalue weighted by atomic mass is 10.1. The molecule has 0 spiro atoms. The van der Waals surface area contributed by atoms with Gasteiger partial charge in [0.25, 0.3) is 0 Å². The number of rotatable bonds is 0. The Morgan fingerprint density at radius 2 is 2.23 bits per heavy atom. The van der Waals surface area contributed by atoms with Crippen molar-refractivity contribution in [2.75, 3.05) is 0 Å². The van der Waals surface area contributed by atoms with E-state index in [1.165, 1.54) is 16.7 Å². The van der Waals surface area contributed by atoms with E-state index in [2.05, 4.69) is 0 Å². The Morgan fingerprint density at radius 3 is 2.92 bits per heavy atom. The van der Waals surface area contributed by atoms with E-state index < -0.39 is 0 Å². The molecule has 1 aromatic heterocycles. The lowest BCUT2D eigenvalue weighted by Crippen LogP contribution is -1.80. The quantitative estimate of drug-likeness (QED) is 0.627. The van der Waals surface area contributed by atoms with Crippen LogP contribution in [0.25, 0.3) is 10.1 Å². The lowest BCUT2D eigenvalue weighted by Gasteiger charge is -1.96. The van der Waals surface area contributed by atoms with Gasteiger partial charge in [0.05, 0.1) is 11.6 Å². The largest absolute Gasteiger partial charge is 0.205 e. The third kappa shape index (κ3) is 1.11. The van der Waals surface area contributed by atoms with E-state index in [4.69, 9.17) is 5.26 Å². The molecule has 0 N–H and O–H groups in total. The van der Waals surface area contributed by atoms with Crippen molar-refractivity contribution in [2.24, 2.45) is 0 Å². The van der Waals surface area contributed by atoms with E-state index in [1.807, 2.05) is 19.1 Å². The number of hydrogen-bond donors (Lipinski definition) is 0. The van der Waals surface area contributed by atoms with Crippen LogP contribution in [0.2, 0.25) is 0 Å². The molecule has 0 amide bonds. The molecule has 2 rings (SSSR count). The minimum atomic E-state index is -0.291. The molecule has 0 aliphatic heterocycles. The van der Waals surface area contributed by atoms with Crippen molar-refractivity contribution < 1.29 is 4.39 Å². The second kappa shape index (κ2) is 2.82. The molecule has 0 bridgehead atoms. The number of fused-ring (bicyclic) bond motifs is 1. The summed E-state index contributed by atoms with van der Waals surface area (Å²) >= 11 is 1.34. The monoisotopic (exact) mass is 191 g/mol. The fourth-order valence-corrected chi connectivity index (χ4v) is 2.26. The van der Waals surface area contributed by atoms with Crippen LogP contribution in [0.1, 0.15) is 11.1 Å². The van der Waals surface area contributed by atoms with E-state index >= 15 is 0 Å². The Morgan fingerprint density at radius 1 is 1.46 bits per heavy atom. The van der Waals surface area contributed by atoms with Crippen LogP contribution in [-0.2, 0) is 0 Å². The number of thiophene rings is 1. The van der Waals surface area contributed by atoms with Crippen LogP contribution in [0.4, 0.5) is 4.39 Å². The normalized spacial score (nSPS) is 10.2. The number of halogens is 1. The number of aryl methyl sites for hydroxylation is 1. The summed E-state index contributed by atoms with van der Waals surface area (Å²) in [5.41, 5.74) is 1.43. The summed E-state index contributed by atoms with van der Waals surface area (Å²) in [5.74, 6) is -0.291. The van der Waals surface area contributed by atoms with E-state index in [1.54, 1.807) is 6.07 Å². The number of hydrogen-bond acceptors (Lipinski definition) is 2. The Hall–Kier alpha value is -1.40. The molecule has 0 fully saturated rings. The maximum absolute atomic E-state index is 13.2. The summed E-state index contributed by atoms with van der Waals surface area (Å²) in [6, 6.07) is 5.50. The van der Waals surface area contributed by atoms with Crippen molar-refractivity contribution in [3.63, 3.8) is 0 Å². The molecule has 0 saturated heterocycles. The molecule has 64 valence electrons. The van der Waals surface area contributed by atoms with Gasteiger partial charge in [0, 0.05) is 15.5 Å². The first-order chi connectivity index (χ1) is 6.24. The predicted octanol–water partition coefficient (Wildman–Crippen LogP) is 3.22. The van der Waals surface area contributed by atoms with Crippen molar-refractivity contribution >= 4 is 21.4 Å². The molecule has 0 aliphatic carbocycles. The molecular weight excluding hydrogens is 185 g/mol. The molecule has 0 radical (unpaired) electrons. The van der Waals surface area contributed by atoms with Gasteiger partial charge in [-0.25, -0.2) is 4.39 Å². The molecule has 1 nitrogen and oxygen atoms in total. The average Bonchev–Trinajstić information content (AvgIpc) is 2.51. The van der Waals surface area contributed by atoms with E-state index in [0.717, 1.165) is 10.3 Å². The molecule has 1 aromatic carbocycles. The van der Waals surface area contributed by atoms with E-state index in [-0.39, 0.29) is 5.82 Å². The minimum absolute atomic E-state index is 0.291. The third-order valence-corrected chi connectivity index (χ3v) is 3.08. The van der Waals surface area contributed by atoms with Crippen molar-refractivity contribution in [1.29, 1.82) is 5.26 Å². The summed E-state index contributed by atoms with van der Waals surface area (Å²) in [4.78, 5) is 0. The SMILES string of the molecule is Cc1ccc(C#N)c2c(F)csc12. The zero-order chi connectivity index (χ0) is 9.42. The predicted molar refractivity (Wildman–Crippen MR) is 51.2 cm³/mol. The first kappa shape index (κ1) is 8.21. The van der Waals surface area contributed by atoms with Crippen molar-refractivity contribution in [2.45, 2.75) is 6.92 Å². The van der Waals surface area contributed by atoms with Gasteiger partial charge < -0.3 is 0 Å². The van der Waals surface area contributed by atoms with Crippen molar-refractivity contribution in [3.8, 4) is 6.07 Å². The van der Waals surface area contributed by atoms with E-state index in [9.17, 15) is 4.39 Å².